The molecule has 0 aromatic heterocycles. The van der Waals surface area contributed by atoms with Gasteiger partial charge in [0.25, 0.3) is 0 Å². The van der Waals surface area contributed by atoms with Crippen LogP contribution in [0.15, 0.2) is 30.3 Å². The van der Waals surface area contributed by atoms with Crippen LogP contribution in [0.5, 0.6) is 0 Å². The van der Waals surface area contributed by atoms with Crippen molar-refractivity contribution in [3.8, 4) is 0 Å². The molecule has 0 saturated carbocycles. The van der Waals surface area contributed by atoms with Crippen LogP contribution in [-0.2, 0) is 23.9 Å². The predicted molar refractivity (Wildman–Crippen MR) is 92.4 cm³/mol. The molecular weight excluding hydrogens is 324 g/mol. The van der Waals surface area contributed by atoms with Gasteiger partial charge in [0.05, 0.1) is 12.2 Å². The summed E-state index contributed by atoms with van der Waals surface area (Å²) in [7, 11) is 0. The van der Waals surface area contributed by atoms with Gasteiger partial charge in [0.2, 0.25) is 5.91 Å². The van der Waals surface area contributed by atoms with Gasteiger partial charge < -0.3 is 15.2 Å². The fourth-order valence-corrected chi connectivity index (χ4v) is 2.08. The zero-order chi connectivity index (χ0) is 19.2. The summed E-state index contributed by atoms with van der Waals surface area (Å²) in [6.07, 6.45) is -0.797. The van der Waals surface area contributed by atoms with E-state index >= 15 is 0 Å². The van der Waals surface area contributed by atoms with Crippen LogP contribution in [0.25, 0.3) is 0 Å². The van der Waals surface area contributed by atoms with Crippen molar-refractivity contribution in [2.24, 2.45) is 5.73 Å². The van der Waals surface area contributed by atoms with Gasteiger partial charge in [-0.15, -0.1) is 0 Å². The number of carbonyl (C=O) groups is 3. The van der Waals surface area contributed by atoms with Crippen LogP contribution in [0.1, 0.15) is 46.2 Å². The van der Waals surface area contributed by atoms with E-state index in [1.54, 1.807) is 58.0 Å². The van der Waals surface area contributed by atoms with E-state index in [0.29, 0.717) is 5.56 Å². The van der Waals surface area contributed by atoms with Crippen LogP contribution in [0.3, 0.4) is 0 Å². The van der Waals surface area contributed by atoms with Gasteiger partial charge in [-0.05, 0) is 40.2 Å². The number of nitrogens with two attached hydrogens (primary N) is 1. The van der Waals surface area contributed by atoms with E-state index < -0.39 is 35.5 Å². The molecule has 1 rings (SSSR count). The molecule has 2 unspecified atom stereocenters. The van der Waals surface area contributed by atoms with Gasteiger partial charge in [-0.1, -0.05) is 30.3 Å². The molecule has 2 atom stereocenters. The summed E-state index contributed by atoms with van der Waals surface area (Å²) in [5, 5.41) is 2.73. The number of ether oxygens (including phenoxy) is 2. The molecule has 0 heterocycles. The Labute approximate surface area is 147 Å². The predicted octanol–water partition coefficient (Wildman–Crippen LogP) is 1.46. The normalized spacial score (nSPS) is 14.7. The van der Waals surface area contributed by atoms with Crippen LogP contribution >= 0.6 is 0 Å². The molecule has 138 valence electrons. The Hall–Kier alpha value is -2.41. The van der Waals surface area contributed by atoms with E-state index in [9.17, 15) is 14.4 Å². The minimum Gasteiger partial charge on any atom is -0.462 e. The van der Waals surface area contributed by atoms with Crippen molar-refractivity contribution in [1.82, 2.24) is 5.32 Å². The van der Waals surface area contributed by atoms with E-state index in [-0.39, 0.29) is 6.10 Å². The highest BCUT2D eigenvalue weighted by Crippen LogP contribution is 2.21. The molecule has 0 aliphatic rings. The first-order valence-corrected chi connectivity index (χ1v) is 8.12. The number of hydrogen-bond donors (Lipinski definition) is 2. The molecule has 0 fully saturated rings. The number of esters is 2. The molecular formula is C18H26N2O5. The van der Waals surface area contributed by atoms with Gasteiger partial charge in [0.1, 0.15) is 6.04 Å². The summed E-state index contributed by atoms with van der Waals surface area (Å²) < 4.78 is 10.4. The molecule has 0 aliphatic carbocycles. The molecule has 7 nitrogen and oxygen atoms in total. The summed E-state index contributed by atoms with van der Waals surface area (Å²) in [6.45, 7) is 8.02. The minimum absolute atomic E-state index is 0.358. The van der Waals surface area contributed by atoms with Crippen LogP contribution in [-0.4, -0.2) is 35.6 Å². The van der Waals surface area contributed by atoms with E-state index in [2.05, 4.69) is 5.32 Å². The van der Waals surface area contributed by atoms with Gasteiger partial charge in [-0.2, -0.15) is 0 Å². The van der Waals surface area contributed by atoms with Crippen molar-refractivity contribution < 1.29 is 23.9 Å². The monoisotopic (exact) mass is 350 g/mol. The average molecular weight is 350 g/mol. The topological polar surface area (TPSA) is 108 Å². The number of carbonyl (C=O) groups excluding carboxylic acids is 3. The van der Waals surface area contributed by atoms with Crippen LogP contribution in [0.4, 0.5) is 0 Å². The maximum atomic E-state index is 12.5. The molecule has 25 heavy (non-hydrogen) atoms. The molecule has 0 radical (unpaired) electrons. The van der Waals surface area contributed by atoms with Crippen LogP contribution in [0, 0.1) is 0 Å². The number of rotatable bonds is 8. The lowest BCUT2D eigenvalue weighted by molar-refractivity contribution is -0.160. The lowest BCUT2D eigenvalue weighted by atomic mass is 9.97. The molecule has 0 spiro atoms. The maximum absolute atomic E-state index is 12.5. The standard InChI is InChI=1S/C18H26N2O5/c1-11(2)24-15(21)14(13-9-7-6-8-10-13)20-18(5,16(19)22)17(23)25-12(3)4/h6-12,14,20H,1-5H3,(H2,19,22). The number of hydrogen-bond acceptors (Lipinski definition) is 6. The van der Waals surface area contributed by atoms with Gasteiger partial charge >= 0.3 is 11.9 Å². The lowest BCUT2D eigenvalue weighted by Gasteiger charge is -2.30. The number of primary amides is 1. The first-order valence-electron chi connectivity index (χ1n) is 8.12. The van der Waals surface area contributed by atoms with Crippen molar-refractivity contribution in [2.75, 3.05) is 0 Å². The Balaban J connectivity index is 3.22. The first kappa shape index (κ1) is 20.6. The minimum atomic E-state index is -1.89. The van der Waals surface area contributed by atoms with Crippen molar-refractivity contribution in [2.45, 2.75) is 58.4 Å². The van der Waals surface area contributed by atoms with Gasteiger partial charge in [0.15, 0.2) is 5.54 Å². The van der Waals surface area contributed by atoms with E-state index in [0.717, 1.165) is 0 Å². The Bertz CT molecular complexity index is 615. The third-order valence-corrected chi connectivity index (χ3v) is 3.40. The van der Waals surface area contributed by atoms with Gasteiger partial charge in [-0.25, -0.2) is 9.59 Å². The molecule has 0 bridgehead atoms. The first-order chi connectivity index (χ1) is 11.6. The highest BCUT2D eigenvalue weighted by Gasteiger charge is 2.45. The molecule has 0 saturated heterocycles. The number of amides is 1. The fraction of sp³-hybridized carbons (Fsp3) is 0.500. The SMILES string of the molecule is CC(C)OC(=O)C(NC(C)(C(N)=O)C(=O)OC(C)C)c1ccccc1. The summed E-state index contributed by atoms with van der Waals surface area (Å²) in [5.41, 5.74) is 4.07. The quantitative estimate of drug-likeness (QED) is 0.543. The molecule has 3 N–H and O–H groups in total. The molecule has 1 aromatic rings. The maximum Gasteiger partial charge on any atom is 0.336 e. The molecule has 0 aliphatic heterocycles. The second kappa shape index (κ2) is 8.62. The Morgan fingerprint density at radius 3 is 1.96 bits per heavy atom. The van der Waals surface area contributed by atoms with E-state index in [1.165, 1.54) is 6.92 Å². The second-order valence-electron chi connectivity index (χ2n) is 6.42. The third-order valence-electron chi connectivity index (χ3n) is 3.40. The summed E-state index contributed by atoms with van der Waals surface area (Å²) >= 11 is 0. The highest BCUT2D eigenvalue weighted by molar-refractivity contribution is 6.06. The van der Waals surface area contributed by atoms with Crippen LogP contribution in [0.2, 0.25) is 0 Å². The van der Waals surface area contributed by atoms with Crippen molar-refractivity contribution >= 4 is 17.8 Å². The van der Waals surface area contributed by atoms with E-state index in [4.69, 9.17) is 15.2 Å². The fourth-order valence-electron chi connectivity index (χ4n) is 2.08. The summed E-state index contributed by atoms with van der Waals surface area (Å²) in [6, 6.07) is 7.58. The average Bonchev–Trinajstić information content (AvgIpc) is 2.51. The zero-order valence-electron chi connectivity index (χ0n) is 15.2. The van der Waals surface area contributed by atoms with Crippen molar-refractivity contribution in [3.63, 3.8) is 0 Å². The Morgan fingerprint density at radius 1 is 1.00 bits per heavy atom. The molecule has 7 heteroatoms. The second-order valence-corrected chi connectivity index (χ2v) is 6.42. The largest absolute Gasteiger partial charge is 0.462 e. The lowest BCUT2D eigenvalue weighted by Crippen LogP contribution is -2.61. The van der Waals surface area contributed by atoms with Gasteiger partial charge in [-0.3, -0.25) is 10.1 Å². The van der Waals surface area contributed by atoms with Crippen molar-refractivity contribution in [3.05, 3.63) is 35.9 Å². The van der Waals surface area contributed by atoms with Crippen molar-refractivity contribution in [1.29, 1.82) is 0 Å². The van der Waals surface area contributed by atoms with Crippen LogP contribution < -0.4 is 11.1 Å². The molecule has 1 amide bonds. The highest BCUT2D eigenvalue weighted by atomic mass is 16.6. The smallest absolute Gasteiger partial charge is 0.336 e. The van der Waals surface area contributed by atoms with Gasteiger partial charge in [0, 0.05) is 0 Å². The summed E-state index contributed by atoms with van der Waals surface area (Å²) in [4.78, 5) is 36.9. The Morgan fingerprint density at radius 2 is 1.52 bits per heavy atom. The Kier molecular flexibility index (Phi) is 7.11. The number of nitrogens with one attached hydrogen (secondary N) is 1. The summed E-state index contributed by atoms with van der Waals surface area (Å²) in [5.74, 6) is -2.42. The zero-order valence-corrected chi connectivity index (χ0v) is 15.2. The number of benzene rings is 1. The van der Waals surface area contributed by atoms with E-state index in [1.807, 2.05) is 0 Å². The third kappa shape index (κ3) is 5.56. The molecule has 1 aromatic carbocycles.